The lowest BCUT2D eigenvalue weighted by atomic mass is 9.58. The molecule has 1 atom stereocenters. The Kier molecular flexibility index (Phi) is 3.92. The van der Waals surface area contributed by atoms with Gasteiger partial charge in [0.25, 0.3) is 5.82 Å². The molecule has 2 aliphatic carbocycles. The number of hydrogen-bond acceptors (Lipinski definition) is 0. The van der Waals surface area contributed by atoms with Gasteiger partial charge in [-0.2, -0.15) is 4.57 Å². The normalized spacial score (nSPS) is 18.2. The molecule has 2 spiro atoms. The van der Waals surface area contributed by atoms with Crippen molar-refractivity contribution in [3.8, 4) is 33.8 Å². The van der Waals surface area contributed by atoms with Crippen LogP contribution in [0.1, 0.15) is 53.3 Å². The van der Waals surface area contributed by atoms with Crippen LogP contribution < -0.4 is 9.13 Å². The first-order valence-corrected chi connectivity index (χ1v) is 15.7. The molecule has 0 radical (unpaired) electrons. The summed E-state index contributed by atoms with van der Waals surface area (Å²) in [6, 6.07) is 48.5. The minimum absolute atomic E-state index is 0.293. The third kappa shape index (κ3) is 2.18. The molecule has 0 amide bonds. The van der Waals surface area contributed by atoms with Crippen molar-refractivity contribution in [2.45, 2.75) is 31.0 Å². The van der Waals surface area contributed by atoms with E-state index < -0.39 is 11.1 Å². The van der Waals surface area contributed by atoms with Crippen LogP contribution in [0.5, 0.6) is 0 Å². The molecule has 4 heterocycles. The number of nitrogens with zero attached hydrogens (tertiary/aromatic N) is 3. The zero-order valence-corrected chi connectivity index (χ0v) is 24.6. The largest absolute Gasteiger partial charge is 0.365 e. The van der Waals surface area contributed by atoms with E-state index in [1.54, 1.807) is 0 Å². The van der Waals surface area contributed by atoms with Gasteiger partial charge in [-0.15, -0.1) is 4.57 Å². The summed E-state index contributed by atoms with van der Waals surface area (Å²) < 4.78 is 7.84. The Balaban J connectivity index is 1.46. The van der Waals surface area contributed by atoms with E-state index in [1.165, 1.54) is 78.2 Å². The summed E-state index contributed by atoms with van der Waals surface area (Å²) in [7, 11) is 0. The molecular weight excluding hydrogens is 534 g/mol. The SMILES string of the molecule is CC(C)[n+]1c2n(c3ccccc31)C13c4c(cccc4C4(c5ccccc5-c5ccccc54)c4cccc-2c41)-c1cccc[n+]13. The van der Waals surface area contributed by atoms with Gasteiger partial charge in [-0.1, -0.05) is 84.9 Å². The Hall–Kier alpha value is -5.28. The van der Waals surface area contributed by atoms with Crippen molar-refractivity contribution in [3.63, 3.8) is 0 Å². The van der Waals surface area contributed by atoms with Crippen LogP contribution in [-0.2, 0) is 11.1 Å². The van der Waals surface area contributed by atoms with E-state index in [9.17, 15) is 0 Å². The molecular formula is C41H29N3+2. The molecule has 2 aliphatic heterocycles. The van der Waals surface area contributed by atoms with E-state index in [0.29, 0.717) is 6.04 Å². The summed E-state index contributed by atoms with van der Waals surface area (Å²) >= 11 is 0. The fourth-order valence-electron chi connectivity index (χ4n) is 9.78. The number of fused-ring (bicyclic) bond motifs is 13. The van der Waals surface area contributed by atoms with E-state index in [2.05, 4.69) is 161 Å². The molecule has 0 N–H and O–H groups in total. The van der Waals surface area contributed by atoms with Gasteiger partial charge in [-0.25, -0.2) is 4.57 Å². The molecule has 1 unspecified atom stereocenters. The smallest absolute Gasteiger partial charge is 0.220 e. The van der Waals surface area contributed by atoms with Crippen molar-refractivity contribution >= 4 is 11.0 Å². The highest BCUT2D eigenvalue weighted by molar-refractivity contribution is 5.94. The third-order valence-corrected chi connectivity index (χ3v) is 11.0. The molecule has 0 bridgehead atoms. The summed E-state index contributed by atoms with van der Waals surface area (Å²) in [5.41, 5.74) is 16.6. The Bertz CT molecular complexity index is 2400. The first-order valence-electron chi connectivity index (χ1n) is 15.7. The Morgan fingerprint density at radius 2 is 1.11 bits per heavy atom. The van der Waals surface area contributed by atoms with Gasteiger partial charge in [0.05, 0.1) is 33.7 Å². The summed E-state index contributed by atoms with van der Waals surface area (Å²) in [6.07, 6.45) is 2.32. The highest BCUT2D eigenvalue weighted by Gasteiger charge is 2.72. The fourth-order valence-corrected chi connectivity index (χ4v) is 9.78. The van der Waals surface area contributed by atoms with Crippen molar-refractivity contribution in [1.29, 1.82) is 0 Å². The molecule has 3 heteroatoms. The maximum atomic E-state index is 2.69. The van der Waals surface area contributed by atoms with E-state index in [4.69, 9.17) is 0 Å². The van der Waals surface area contributed by atoms with Crippen LogP contribution in [-0.4, -0.2) is 4.57 Å². The Labute approximate surface area is 255 Å². The van der Waals surface area contributed by atoms with Gasteiger partial charge >= 0.3 is 5.66 Å². The fraction of sp³-hybridized carbons (Fsp3) is 0.122. The first kappa shape index (κ1) is 23.2. The average Bonchev–Trinajstić information content (AvgIpc) is 3.76. The molecule has 44 heavy (non-hydrogen) atoms. The van der Waals surface area contributed by atoms with Crippen molar-refractivity contribution in [2.75, 3.05) is 0 Å². The minimum Gasteiger partial charge on any atom is -0.220 e. The van der Waals surface area contributed by atoms with Gasteiger partial charge in [0.15, 0.2) is 17.2 Å². The quantitative estimate of drug-likeness (QED) is 0.181. The van der Waals surface area contributed by atoms with Gasteiger partial charge in [0.1, 0.15) is 0 Å². The maximum absolute atomic E-state index is 2.69. The molecule has 0 fully saturated rings. The van der Waals surface area contributed by atoms with Crippen LogP contribution in [0.25, 0.3) is 44.8 Å². The molecule has 7 aromatic rings. The van der Waals surface area contributed by atoms with E-state index in [0.717, 1.165) is 0 Å². The van der Waals surface area contributed by atoms with Gasteiger partial charge in [0, 0.05) is 12.1 Å². The zero-order chi connectivity index (χ0) is 28.9. The lowest BCUT2D eigenvalue weighted by molar-refractivity contribution is -0.736. The van der Waals surface area contributed by atoms with Gasteiger partial charge < -0.3 is 0 Å². The monoisotopic (exact) mass is 563 g/mol. The number of pyridine rings is 1. The van der Waals surface area contributed by atoms with Crippen molar-refractivity contribution < 1.29 is 9.13 Å². The number of rotatable bonds is 1. The number of para-hydroxylation sites is 2. The summed E-state index contributed by atoms with van der Waals surface area (Å²) in [6.45, 7) is 4.64. The molecule has 11 rings (SSSR count). The molecule has 4 aliphatic rings. The zero-order valence-electron chi connectivity index (χ0n) is 24.6. The van der Waals surface area contributed by atoms with Crippen LogP contribution in [0.4, 0.5) is 0 Å². The molecule has 2 aromatic heterocycles. The van der Waals surface area contributed by atoms with Gasteiger partial charge in [0.2, 0.25) is 5.69 Å². The average molecular weight is 564 g/mol. The van der Waals surface area contributed by atoms with Crippen LogP contribution >= 0.6 is 0 Å². The Morgan fingerprint density at radius 3 is 1.84 bits per heavy atom. The highest BCUT2D eigenvalue weighted by Crippen LogP contribution is 2.67. The molecule has 0 saturated heterocycles. The topological polar surface area (TPSA) is 12.7 Å². The second-order valence-electron chi connectivity index (χ2n) is 13.0. The second-order valence-corrected chi connectivity index (χ2v) is 13.0. The van der Waals surface area contributed by atoms with Crippen LogP contribution in [0.15, 0.2) is 134 Å². The minimum atomic E-state index is -0.540. The lowest BCUT2D eigenvalue weighted by Gasteiger charge is -2.42. The molecule has 5 aromatic carbocycles. The number of aromatic nitrogens is 3. The maximum Gasteiger partial charge on any atom is 0.365 e. The molecule has 0 saturated carbocycles. The number of benzene rings is 5. The summed E-state index contributed by atoms with van der Waals surface area (Å²) in [5, 5.41) is 0. The lowest BCUT2D eigenvalue weighted by Crippen LogP contribution is -2.61. The van der Waals surface area contributed by atoms with Crippen molar-refractivity contribution in [1.82, 2.24) is 4.57 Å². The van der Waals surface area contributed by atoms with E-state index in [-0.39, 0.29) is 0 Å². The van der Waals surface area contributed by atoms with Gasteiger partial charge in [-0.05, 0) is 77.6 Å². The van der Waals surface area contributed by atoms with Gasteiger partial charge in [-0.3, -0.25) is 0 Å². The van der Waals surface area contributed by atoms with Crippen LogP contribution in [0.3, 0.4) is 0 Å². The molecule has 206 valence electrons. The number of imidazole rings is 1. The highest BCUT2D eigenvalue weighted by atomic mass is 15.4. The first-order chi connectivity index (χ1) is 21.7. The Morgan fingerprint density at radius 1 is 0.545 bits per heavy atom. The van der Waals surface area contributed by atoms with Crippen molar-refractivity contribution in [3.05, 3.63) is 167 Å². The standard InChI is InChI=1S/C41H29N3/c1-25(2)43-35-22-7-8-23-36(35)44-39(43)29-16-12-20-33-38(29)41(44)37-28(34-21-9-10-24-42(34)41)15-11-19-32(37)40(33)30-17-5-3-13-26(30)27-14-4-6-18-31(27)40/h3-25H,1-2H3/q+2. The third-order valence-electron chi connectivity index (χ3n) is 11.0. The van der Waals surface area contributed by atoms with Crippen LogP contribution in [0, 0.1) is 0 Å². The summed E-state index contributed by atoms with van der Waals surface area (Å²) in [4.78, 5) is 0. The summed E-state index contributed by atoms with van der Waals surface area (Å²) in [5.74, 6) is 1.29. The second kappa shape index (κ2) is 7.43. The number of hydrogen-bond donors (Lipinski definition) is 0. The van der Waals surface area contributed by atoms with E-state index in [1.807, 2.05) is 0 Å². The molecule has 3 nitrogen and oxygen atoms in total. The van der Waals surface area contributed by atoms with Crippen molar-refractivity contribution in [2.24, 2.45) is 0 Å². The van der Waals surface area contributed by atoms with E-state index >= 15 is 0 Å². The van der Waals surface area contributed by atoms with Crippen LogP contribution in [0.2, 0.25) is 0 Å². The predicted molar refractivity (Wildman–Crippen MR) is 172 cm³/mol. The predicted octanol–water partition coefficient (Wildman–Crippen LogP) is 7.73.